The van der Waals surface area contributed by atoms with E-state index in [4.69, 9.17) is 4.74 Å². The summed E-state index contributed by atoms with van der Waals surface area (Å²) in [5, 5.41) is 4.34. The number of halogens is 1. The molecular weight excluding hydrogens is 371 g/mol. The number of likely N-dealkylation sites (tertiary alicyclic amines) is 1. The highest BCUT2D eigenvalue weighted by Crippen LogP contribution is 2.31. The zero-order valence-corrected chi connectivity index (χ0v) is 17.0. The highest BCUT2D eigenvalue weighted by atomic mass is 19.1. The fourth-order valence-electron chi connectivity index (χ4n) is 3.66. The summed E-state index contributed by atoms with van der Waals surface area (Å²) in [5.74, 6) is 0.320. The van der Waals surface area contributed by atoms with Crippen LogP contribution in [0.1, 0.15) is 33.7 Å². The van der Waals surface area contributed by atoms with E-state index in [1.165, 1.54) is 12.1 Å². The average molecular weight is 396 g/mol. The number of pyridine rings is 1. The number of carbonyl (C=O) groups is 1. The van der Waals surface area contributed by atoms with Crippen molar-refractivity contribution in [2.24, 2.45) is 0 Å². The van der Waals surface area contributed by atoms with Crippen molar-refractivity contribution < 1.29 is 13.9 Å². The first-order chi connectivity index (χ1) is 14.0. The number of nitrogens with one attached hydrogen (secondary N) is 1. The number of rotatable bonds is 6. The molecule has 0 atom stereocenters. The van der Waals surface area contributed by atoms with Gasteiger partial charge in [-0.3, -0.25) is 4.79 Å². The van der Waals surface area contributed by atoms with E-state index in [0.29, 0.717) is 24.8 Å². The summed E-state index contributed by atoms with van der Waals surface area (Å²) in [5.41, 5.74) is 4.45. The molecule has 1 aliphatic rings. The van der Waals surface area contributed by atoms with Crippen LogP contribution in [0.5, 0.6) is 0 Å². The molecule has 1 aromatic carbocycles. The lowest BCUT2D eigenvalue weighted by atomic mass is 10.1. The molecule has 152 valence electrons. The standard InChI is InChI=1S/C22H25FN4O2/c1-14-15(2)27(13-29-3)20-18(14)11-19(22(28)26-9-4-10-26)25-21(20)24-12-16-5-7-17(23)8-6-16/h5-8,11H,4,9-10,12-13H2,1-3H3,(H,24,25). The van der Waals surface area contributed by atoms with Gasteiger partial charge in [-0.25, -0.2) is 9.37 Å². The summed E-state index contributed by atoms with van der Waals surface area (Å²) in [6.07, 6.45) is 1.03. The molecule has 0 bridgehead atoms. The minimum atomic E-state index is -0.267. The fraction of sp³-hybridized carbons (Fsp3) is 0.364. The Morgan fingerprint density at radius 1 is 1.24 bits per heavy atom. The van der Waals surface area contributed by atoms with Crippen molar-refractivity contribution in [1.82, 2.24) is 14.5 Å². The van der Waals surface area contributed by atoms with Crippen LogP contribution in [0.3, 0.4) is 0 Å². The molecule has 6 nitrogen and oxygen atoms in total. The van der Waals surface area contributed by atoms with Gasteiger partial charge in [0.05, 0.1) is 5.52 Å². The highest BCUT2D eigenvalue weighted by molar-refractivity contribution is 6.01. The lowest BCUT2D eigenvalue weighted by Gasteiger charge is -2.30. The number of nitrogens with zero attached hydrogens (tertiary/aromatic N) is 3. The first-order valence-electron chi connectivity index (χ1n) is 9.76. The number of amides is 1. The minimum absolute atomic E-state index is 0.0421. The van der Waals surface area contributed by atoms with Gasteiger partial charge in [-0.1, -0.05) is 12.1 Å². The quantitative estimate of drug-likeness (QED) is 0.688. The molecule has 2 aromatic heterocycles. The third-order valence-electron chi connectivity index (χ3n) is 5.61. The molecule has 0 radical (unpaired) electrons. The summed E-state index contributed by atoms with van der Waals surface area (Å²) in [6.45, 7) is 6.50. The predicted octanol–water partition coefficient (Wildman–Crippen LogP) is 3.85. The molecule has 3 aromatic rings. The van der Waals surface area contributed by atoms with Crippen LogP contribution in [0.25, 0.3) is 10.9 Å². The van der Waals surface area contributed by atoms with Gasteiger partial charge in [0, 0.05) is 37.8 Å². The second-order valence-corrected chi connectivity index (χ2v) is 7.43. The monoisotopic (exact) mass is 396 g/mol. The van der Waals surface area contributed by atoms with Gasteiger partial charge in [0.25, 0.3) is 5.91 Å². The van der Waals surface area contributed by atoms with Crippen molar-refractivity contribution in [3.05, 3.63) is 58.7 Å². The number of carbonyl (C=O) groups excluding carboxylic acids is 1. The zero-order valence-electron chi connectivity index (χ0n) is 17.0. The predicted molar refractivity (Wildman–Crippen MR) is 110 cm³/mol. The maximum Gasteiger partial charge on any atom is 0.272 e. The van der Waals surface area contributed by atoms with Crippen LogP contribution in [0.4, 0.5) is 10.2 Å². The van der Waals surface area contributed by atoms with Gasteiger partial charge >= 0.3 is 0 Å². The summed E-state index contributed by atoms with van der Waals surface area (Å²) < 4.78 is 20.7. The minimum Gasteiger partial charge on any atom is -0.364 e. The van der Waals surface area contributed by atoms with E-state index in [2.05, 4.69) is 14.9 Å². The van der Waals surface area contributed by atoms with Gasteiger partial charge in [-0.05, 0) is 49.6 Å². The lowest BCUT2D eigenvalue weighted by Crippen LogP contribution is -2.42. The van der Waals surface area contributed by atoms with Crippen LogP contribution in [0.2, 0.25) is 0 Å². The van der Waals surface area contributed by atoms with E-state index in [9.17, 15) is 9.18 Å². The van der Waals surface area contributed by atoms with Gasteiger partial charge < -0.3 is 19.5 Å². The Morgan fingerprint density at radius 3 is 2.59 bits per heavy atom. The largest absolute Gasteiger partial charge is 0.364 e. The topological polar surface area (TPSA) is 59.4 Å². The Labute approximate surface area is 169 Å². The van der Waals surface area contributed by atoms with Crippen molar-refractivity contribution in [3.63, 3.8) is 0 Å². The van der Waals surface area contributed by atoms with E-state index in [1.54, 1.807) is 19.2 Å². The smallest absolute Gasteiger partial charge is 0.272 e. The Bertz CT molecular complexity index is 1060. The molecule has 3 heterocycles. The summed E-state index contributed by atoms with van der Waals surface area (Å²) in [7, 11) is 1.65. The third kappa shape index (κ3) is 3.58. The molecule has 1 aliphatic heterocycles. The number of hydrogen-bond acceptors (Lipinski definition) is 4. The Kier molecular flexibility index (Phi) is 5.24. The van der Waals surface area contributed by atoms with Gasteiger partial charge in [0.2, 0.25) is 0 Å². The Morgan fingerprint density at radius 2 is 1.97 bits per heavy atom. The Hall–Kier alpha value is -2.93. The third-order valence-corrected chi connectivity index (χ3v) is 5.61. The number of methoxy groups -OCH3 is 1. The maximum atomic E-state index is 13.2. The number of hydrogen-bond donors (Lipinski definition) is 1. The maximum absolute atomic E-state index is 13.2. The van der Waals surface area contributed by atoms with Crippen LogP contribution in [0, 0.1) is 19.7 Å². The molecule has 1 amide bonds. The molecule has 0 unspecified atom stereocenters. The van der Waals surface area contributed by atoms with Crippen LogP contribution in [-0.2, 0) is 18.0 Å². The second-order valence-electron chi connectivity index (χ2n) is 7.43. The molecule has 0 saturated carbocycles. The molecule has 0 spiro atoms. The van der Waals surface area contributed by atoms with E-state index in [1.807, 2.05) is 24.8 Å². The molecule has 1 fully saturated rings. The molecular formula is C22H25FN4O2. The van der Waals surface area contributed by atoms with Gasteiger partial charge in [-0.2, -0.15) is 0 Å². The number of anilines is 1. The van der Waals surface area contributed by atoms with Crippen LogP contribution < -0.4 is 5.32 Å². The van der Waals surface area contributed by atoms with E-state index < -0.39 is 0 Å². The SMILES string of the molecule is COCn1c(C)c(C)c2cc(C(=O)N3CCC3)nc(NCc3ccc(F)cc3)c21. The normalized spacial score (nSPS) is 13.6. The number of aryl methyl sites for hydroxylation is 1. The Balaban J connectivity index is 1.78. The van der Waals surface area contributed by atoms with Gasteiger partial charge in [0.15, 0.2) is 5.82 Å². The molecule has 1 N–H and O–H groups in total. The van der Waals surface area contributed by atoms with E-state index in [0.717, 1.165) is 47.2 Å². The molecule has 4 rings (SSSR count). The molecule has 7 heteroatoms. The average Bonchev–Trinajstić information content (AvgIpc) is 2.91. The van der Waals surface area contributed by atoms with Crippen molar-refractivity contribution in [3.8, 4) is 0 Å². The van der Waals surface area contributed by atoms with Crippen molar-refractivity contribution >= 4 is 22.6 Å². The summed E-state index contributed by atoms with van der Waals surface area (Å²) >= 11 is 0. The zero-order chi connectivity index (χ0) is 20.5. The first-order valence-corrected chi connectivity index (χ1v) is 9.76. The highest BCUT2D eigenvalue weighted by Gasteiger charge is 2.25. The summed E-state index contributed by atoms with van der Waals surface area (Å²) in [4.78, 5) is 19.3. The van der Waals surface area contributed by atoms with Crippen LogP contribution in [0.15, 0.2) is 30.3 Å². The van der Waals surface area contributed by atoms with Gasteiger partial charge in [0.1, 0.15) is 18.2 Å². The van der Waals surface area contributed by atoms with E-state index >= 15 is 0 Å². The number of ether oxygens (including phenoxy) is 1. The van der Waals surface area contributed by atoms with Crippen LogP contribution >= 0.6 is 0 Å². The molecule has 1 saturated heterocycles. The summed E-state index contributed by atoms with van der Waals surface area (Å²) in [6, 6.07) is 8.23. The van der Waals surface area contributed by atoms with Gasteiger partial charge in [-0.15, -0.1) is 0 Å². The first kappa shape index (κ1) is 19.4. The molecule has 29 heavy (non-hydrogen) atoms. The van der Waals surface area contributed by atoms with Crippen LogP contribution in [-0.4, -0.2) is 40.6 Å². The fourth-order valence-corrected chi connectivity index (χ4v) is 3.66. The number of aromatic nitrogens is 2. The van der Waals surface area contributed by atoms with E-state index in [-0.39, 0.29) is 11.7 Å². The number of benzene rings is 1. The second kappa shape index (κ2) is 7.83. The number of fused-ring (bicyclic) bond motifs is 1. The van der Waals surface area contributed by atoms with Crippen molar-refractivity contribution in [1.29, 1.82) is 0 Å². The van der Waals surface area contributed by atoms with Crippen molar-refractivity contribution in [2.75, 3.05) is 25.5 Å². The lowest BCUT2D eigenvalue weighted by molar-refractivity contribution is 0.0646. The molecule has 0 aliphatic carbocycles. The van der Waals surface area contributed by atoms with Crippen molar-refractivity contribution in [2.45, 2.75) is 33.5 Å².